The van der Waals surface area contributed by atoms with Gasteiger partial charge in [0.25, 0.3) is 11.8 Å². The van der Waals surface area contributed by atoms with Gasteiger partial charge in [-0.2, -0.15) is 5.01 Å². The molecular weight excluding hydrogens is 620 g/mol. The normalized spacial score (nSPS) is 16.0. The first kappa shape index (κ1) is 32.0. The van der Waals surface area contributed by atoms with Crippen LogP contribution in [0.1, 0.15) is 12.5 Å². The van der Waals surface area contributed by atoms with Gasteiger partial charge >= 0.3 is 0 Å². The van der Waals surface area contributed by atoms with E-state index >= 15 is 0 Å². The molecule has 6 rings (SSSR count). The van der Waals surface area contributed by atoms with Crippen molar-refractivity contribution in [3.8, 4) is 26.9 Å². The largest absolute Gasteiger partial charge is 0.492 e. The van der Waals surface area contributed by atoms with Crippen molar-refractivity contribution in [3.63, 3.8) is 0 Å². The van der Waals surface area contributed by atoms with Crippen molar-refractivity contribution in [1.29, 1.82) is 0 Å². The summed E-state index contributed by atoms with van der Waals surface area (Å²) in [6.07, 6.45) is 1.33. The quantitative estimate of drug-likeness (QED) is 0.221. The van der Waals surface area contributed by atoms with Crippen molar-refractivity contribution in [2.75, 3.05) is 65.0 Å². The van der Waals surface area contributed by atoms with Gasteiger partial charge in [-0.15, -0.1) is 35.1 Å². The maximum Gasteiger partial charge on any atom is 0.275 e. The second-order valence-corrected chi connectivity index (χ2v) is 12.5. The van der Waals surface area contributed by atoms with E-state index in [-0.39, 0.29) is 18.3 Å². The molecule has 1 N–H and O–H groups in total. The van der Waals surface area contributed by atoms with E-state index in [4.69, 9.17) is 19.4 Å². The Morgan fingerprint density at radius 2 is 1.66 bits per heavy atom. The third-order valence-corrected chi connectivity index (χ3v) is 9.82. The Morgan fingerprint density at radius 1 is 0.955 bits per heavy atom. The Balaban J connectivity index is 0.00000384. The summed E-state index contributed by atoms with van der Waals surface area (Å²) in [5, 5.41) is 3.77. The zero-order valence-electron chi connectivity index (χ0n) is 24.9. The van der Waals surface area contributed by atoms with Crippen molar-refractivity contribution < 1.29 is 19.1 Å². The van der Waals surface area contributed by atoms with Gasteiger partial charge in [0.15, 0.2) is 11.6 Å². The molecule has 1 saturated heterocycles. The van der Waals surface area contributed by atoms with Crippen LogP contribution in [0.5, 0.6) is 5.75 Å². The summed E-state index contributed by atoms with van der Waals surface area (Å²) in [6, 6.07) is 12.0. The molecule has 44 heavy (non-hydrogen) atoms. The molecule has 0 bridgehead atoms. The van der Waals surface area contributed by atoms with Crippen molar-refractivity contribution in [2.45, 2.75) is 13.8 Å². The molecule has 232 valence electrons. The van der Waals surface area contributed by atoms with Crippen LogP contribution >= 0.6 is 35.1 Å². The highest BCUT2D eigenvalue weighted by Gasteiger charge is 2.30. The molecule has 2 aliphatic heterocycles. The van der Waals surface area contributed by atoms with Gasteiger partial charge in [-0.25, -0.2) is 9.97 Å². The molecule has 1 aromatic carbocycles. The molecule has 0 atom stereocenters. The molecule has 4 aromatic rings. The molecule has 5 heterocycles. The number of aromatic nitrogens is 2. The maximum absolute atomic E-state index is 12.6. The highest BCUT2D eigenvalue weighted by molar-refractivity contribution is 7.22. The number of nitrogens with one attached hydrogen (secondary N) is 1. The van der Waals surface area contributed by atoms with Gasteiger partial charge in [0.1, 0.15) is 17.2 Å². The number of halogens is 1. The van der Waals surface area contributed by atoms with E-state index in [0.717, 1.165) is 87.7 Å². The number of imide groups is 1. The maximum atomic E-state index is 12.6. The molecule has 0 saturated carbocycles. The van der Waals surface area contributed by atoms with Crippen LogP contribution in [0.25, 0.3) is 31.4 Å². The molecule has 3 aromatic heterocycles. The van der Waals surface area contributed by atoms with Crippen LogP contribution in [0.2, 0.25) is 0 Å². The van der Waals surface area contributed by atoms with Gasteiger partial charge in [0.2, 0.25) is 0 Å². The van der Waals surface area contributed by atoms with E-state index in [9.17, 15) is 9.59 Å². The standard InChI is InChI=1S/C31H34N6O4S2.ClH/c1-20-19-25(38)37(31(20)39)34-29-26-21(2)27(43-30(26)33-28(32-29)24-5-4-18-42-24)22-6-8-23(9-7-22)41-17-15-36-12-10-35(11-13-36)14-16-40-3;/h4-9,18-19H,10-17H2,1-3H3,(H,32,33,34);1H. The first-order valence-electron chi connectivity index (χ1n) is 14.3. The number of thiophene rings is 2. The number of amides is 2. The highest BCUT2D eigenvalue weighted by atomic mass is 35.5. The molecule has 0 aliphatic carbocycles. The number of fused-ring (bicyclic) bond motifs is 1. The predicted octanol–water partition coefficient (Wildman–Crippen LogP) is 5.10. The summed E-state index contributed by atoms with van der Waals surface area (Å²) in [5.74, 6) is 0.999. The van der Waals surface area contributed by atoms with E-state index < -0.39 is 5.91 Å². The van der Waals surface area contributed by atoms with Crippen molar-refractivity contribution in [2.24, 2.45) is 0 Å². The fraction of sp³-hybridized carbons (Fsp3) is 0.355. The molecule has 2 aliphatic rings. The summed E-state index contributed by atoms with van der Waals surface area (Å²) < 4.78 is 11.3. The lowest BCUT2D eigenvalue weighted by Gasteiger charge is -2.34. The number of carbonyl (C=O) groups is 2. The molecule has 0 spiro atoms. The average Bonchev–Trinajstić information content (AvgIpc) is 3.73. The van der Waals surface area contributed by atoms with Crippen molar-refractivity contribution >= 4 is 62.9 Å². The molecule has 10 nitrogen and oxygen atoms in total. The van der Waals surface area contributed by atoms with Crippen LogP contribution < -0.4 is 10.2 Å². The number of aryl methyl sites for hydroxylation is 1. The van der Waals surface area contributed by atoms with E-state index in [1.807, 2.05) is 36.6 Å². The number of rotatable bonds is 11. The molecule has 1 fully saturated rings. The van der Waals surface area contributed by atoms with Gasteiger partial charge in [-0.3, -0.25) is 24.8 Å². The molecule has 0 radical (unpaired) electrons. The number of piperazine rings is 1. The minimum absolute atomic E-state index is 0. The Bertz CT molecular complexity index is 1650. The fourth-order valence-electron chi connectivity index (χ4n) is 5.26. The first-order valence-corrected chi connectivity index (χ1v) is 16.0. The summed E-state index contributed by atoms with van der Waals surface area (Å²) >= 11 is 3.10. The third-order valence-electron chi connectivity index (χ3n) is 7.72. The minimum atomic E-state index is -0.417. The smallest absolute Gasteiger partial charge is 0.275 e. The van der Waals surface area contributed by atoms with Gasteiger partial charge < -0.3 is 9.47 Å². The Morgan fingerprint density at radius 3 is 2.27 bits per heavy atom. The number of hydrazine groups is 1. The number of hydrogen-bond donors (Lipinski definition) is 1. The van der Waals surface area contributed by atoms with Crippen LogP contribution in [-0.2, 0) is 14.3 Å². The second kappa shape index (κ2) is 14.1. The summed E-state index contributed by atoms with van der Waals surface area (Å²) in [7, 11) is 1.75. The predicted molar refractivity (Wildman–Crippen MR) is 178 cm³/mol. The van der Waals surface area contributed by atoms with Gasteiger partial charge in [-0.05, 0) is 60.7 Å². The number of nitrogens with zero attached hydrogens (tertiary/aromatic N) is 5. The monoisotopic (exact) mass is 654 g/mol. The number of ether oxygens (including phenoxy) is 2. The number of anilines is 1. The Kier molecular flexibility index (Phi) is 10.3. The summed E-state index contributed by atoms with van der Waals surface area (Å²) in [5.41, 5.74) is 5.39. The summed E-state index contributed by atoms with van der Waals surface area (Å²) in [6.45, 7) is 11.1. The Labute approximate surface area is 270 Å². The van der Waals surface area contributed by atoms with E-state index in [1.165, 1.54) is 17.4 Å². The number of methoxy groups -OCH3 is 1. The topological polar surface area (TPSA) is 100 Å². The lowest BCUT2D eigenvalue weighted by Crippen LogP contribution is -2.48. The van der Waals surface area contributed by atoms with Crippen LogP contribution in [-0.4, -0.2) is 96.2 Å². The van der Waals surface area contributed by atoms with Crippen LogP contribution in [0.15, 0.2) is 53.4 Å². The first-order chi connectivity index (χ1) is 20.9. The molecule has 13 heteroatoms. The number of hydrogen-bond acceptors (Lipinski definition) is 11. The van der Waals surface area contributed by atoms with Gasteiger partial charge in [0, 0.05) is 62.9 Å². The lowest BCUT2D eigenvalue weighted by molar-refractivity contribution is -0.135. The fourth-order valence-corrected chi connectivity index (χ4v) is 7.11. The van der Waals surface area contributed by atoms with E-state index in [0.29, 0.717) is 23.8 Å². The SMILES string of the molecule is COCCN1CCN(CCOc2ccc(-c3sc4nc(-c5cccs5)nc(NN5C(=O)C=C(C)C5=O)c4c3C)cc2)CC1.Cl. The van der Waals surface area contributed by atoms with Crippen molar-refractivity contribution in [3.05, 3.63) is 59.0 Å². The van der Waals surface area contributed by atoms with Crippen LogP contribution in [0.3, 0.4) is 0 Å². The lowest BCUT2D eigenvalue weighted by atomic mass is 10.1. The zero-order valence-corrected chi connectivity index (χ0v) is 27.3. The molecule has 0 unspecified atom stereocenters. The third kappa shape index (κ3) is 6.80. The van der Waals surface area contributed by atoms with Crippen LogP contribution in [0.4, 0.5) is 5.82 Å². The minimum Gasteiger partial charge on any atom is -0.492 e. The van der Waals surface area contributed by atoms with E-state index in [2.05, 4.69) is 27.4 Å². The average molecular weight is 655 g/mol. The van der Waals surface area contributed by atoms with Crippen LogP contribution in [0, 0.1) is 6.92 Å². The summed E-state index contributed by atoms with van der Waals surface area (Å²) in [4.78, 5) is 42.4. The van der Waals surface area contributed by atoms with Gasteiger partial charge in [-0.1, -0.05) is 6.07 Å². The van der Waals surface area contributed by atoms with E-state index in [1.54, 1.807) is 25.4 Å². The molecule has 2 amide bonds. The number of carbonyl (C=O) groups excluding carboxylic acids is 2. The Hall–Kier alpha value is -3.39. The molecular formula is C31H35ClN6O4S2. The zero-order chi connectivity index (χ0) is 29.9. The van der Waals surface area contributed by atoms with Crippen molar-refractivity contribution in [1.82, 2.24) is 24.8 Å². The van der Waals surface area contributed by atoms with Gasteiger partial charge in [0.05, 0.1) is 16.9 Å². The highest BCUT2D eigenvalue weighted by Crippen LogP contribution is 2.42. The second-order valence-electron chi connectivity index (χ2n) is 10.6. The number of benzene rings is 1.